The summed E-state index contributed by atoms with van der Waals surface area (Å²) in [6.07, 6.45) is 0. The third kappa shape index (κ3) is 0.788. The maximum atomic E-state index is 9.85. The SMILES string of the molecule is OC1(O)c2ccsc2-c2sccc21. The van der Waals surface area contributed by atoms with E-state index in [2.05, 4.69) is 0 Å². The number of fused-ring (bicyclic) bond motifs is 3. The van der Waals surface area contributed by atoms with Crippen LogP contribution in [0.15, 0.2) is 22.9 Å². The molecule has 0 spiro atoms. The van der Waals surface area contributed by atoms with Gasteiger partial charge < -0.3 is 10.2 Å². The van der Waals surface area contributed by atoms with E-state index < -0.39 is 5.79 Å². The van der Waals surface area contributed by atoms with Gasteiger partial charge in [0.2, 0.25) is 5.79 Å². The first-order valence-electron chi connectivity index (χ1n) is 3.82. The van der Waals surface area contributed by atoms with Crippen molar-refractivity contribution in [2.75, 3.05) is 0 Å². The fourth-order valence-electron chi connectivity index (χ4n) is 1.66. The molecular weight excluding hydrogens is 204 g/mol. The summed E-state index contributed by atoms with van der Waals surface area (Å²) in [6, 6.07) is 3.54. The predicted molar refractivity (Wildman–Crippen MR) is 52.8 cm³/mol. The van der Waals surface area contributed by atoms with Gasteiger partial charge in [0.25, 0.3) is 0 Å². The minimum atomic E-state index is -1.76. The highest BCUT2D eigenvalue weighted by Crippen LogP contribution is 2.51. The highest BCUT2D eigenvalue weighted by Gasteiger charge is 2.41. The van der Waals surface area contributed by atoms with E-state index in [1.54, 1.807) is 34.8 Å². The summed E-state index contributed by atoms with van der Waals surface area (Å²) in [6.45, 7) is 0. The number of thiophene rings is 2. The quantitative estimate of drug-likeness (QED) is 0.653. The van der Waals surface area contributed by atoms with Gasteiger partial charge in [0, 0.05) is 11.1 Å². The minimum absolute atomic E-state index is 0.624. The molecule has 0 atom stereocenters. The third-order valence-electron chi connectivity index (χ3n) is 2.29. The van der Waals surface area contributed by atoms with Crippen molar-refractivity contribution in [2.24, 2.45) is 0 Å². The van der Waals surface area contributed by atoms with E-state index >= 15 is 0 Å². The molecule has 0 saturated heterocycles. The molecule has 4 heteroatoms. The molecule has 1 aliphatic rings. The van der Waals surface area contributed by atoms with Crippen LogP contribution in [0, 0.1) is 0 Å². The monoisotopic (exact) mass is 210 g/mol. The molecule has 2 nitrogen and oxygen atoms in total. The van der Waals surface area contributed by atoms with Gasteiger partial charge in [-0.3, -0.25) is 0 Å². The zero-order valence-electron chi connectivity index (χ0n) is 6.52. The Balaban J connectivity index is 2.44. The average Bonchev–Trinajstić information content (AvgIpc) is 2.74. The highest BCUT2D eigenvalue weighted by molar-refractivity contribution is 7.20. The van der Waals surface area contributed by atoms with Crippen molar-refractivity contribution in [1.82, 2.24) is 0 Å². The van der Waals surface area contributed by atoms with Crippen LogP contribution >= 0.6 is 22.7 Å². The van der Waals surface area contributed by atoms with E-state index in [9.17, 15) is 10.2 Å². The van der Waals surface area contributed by atoms with Crippen LogP contribution in [0.2, 0.25) is 0 Å². The lowest BCUT2D eigenvalue weighted by molar-refractivity contribution is -0.128. The zero-order valence-corrected chi connectivity index (χ0v) is 8.15. The molecule has 2 N–H and O–H groups in total. The second kappa shape index (κ2) is 2.22. The molecule has 0 aliphatic heterocycles. The van der Waals surface area contributed by atoms with Crippen molar-refractivity contribution < 1.29 is 10.2 Å². The van der Waals surface area contributed by atoms with Crippen molar-refractivity contribution in [2.45, 2.75) is 5.79 Å². The van der Waals surface area contributed by atoms with Gasteiger partial charge in [-0.2, -0.15) is 0 Å². The lowest BCUT2D eigenvalue weighted by Gasteiger charge is -2.15. The maximum Gasteiger partial charge on any atom is 0.220 e. The van der Waals surface area contributed by atoms with Crippen LogP contribution in [-0.2, 0) is 5.79 Å². The summed E-state index contributed by atoms with van der Waals surface area (Å²) in [5.41, 5.74) is 1.25. The van der Waals surface area contributed by atoms with Crippen LogP contribution in [0.25, 0.3) is 9.75 Å². The Hall–Kier alpha value is -0.680. The summed E-state index contributed by atoms with van der Waals surface area (Å²) in [4.78, 5) is 1.99. The first-order valence-corrected chi connectivity index (χ1v) is 5.58. The largest absolute Gasteiger partial charge is 0.358 e. The fraction of sp³-hybridized carbons (Fsp3) is 0.111. The molecular formula is C9H6O2S2. The smallest absolute Gasteiger partial charge is 0.220 e. The first-order chi connectivity index (χ1) is 6.21. The number of hydrogen-bond acceptors (Lipinski definition) is 4. The Bertz CT molecular complexity index is 425. The fourth-order valence-corrected chi connectivity index (χ4v) is 3.74. The van der Waals surface area contributed by atoms with Crippen molar-refractivity contribution in [3.05, 3.63) is 34.0 Å². The van der Waals surface area contributed by atoms with Gasteiger partial charge in [0.15, 0.2) is 0 Å². The Kier molecular flexibility index (Phi) is 1.31. The van der Waals surface area contributed by atoms with Gasteiger partial charge >= 0.3 is 0 Å². The van der Waals surface area contributed by atoms with Gasteiger partial charge in [0.1, 0.15) is 0 Å². The van der Waals surface area contributed by atoms with Gasteiger partial charge in [-0.05, 0) is 22.9 Å². The summed E-state index contributed by atoms with van der Waals surface area (Å²) >= 11 is 3.10. The molecule has 2 aromatic heterocycles. The summed E-state index contributed by atoms with van der Waals surface area (Å²) in [7, 11) is 0. The standard InChI is InChI=1S/C9H6O2S2/c10-9(11)5-1-3-12-7(5)8-6(9)2-4-13-8/h1-4,10-11H. The Morgan fingerprint density at radius 1 is 0.923 bits per heavy atom. The van der Waals surface area contributed by atoms with Gasteiger partial charge in [-0.1, -0.05) is 0 Å². The van der Waals surface area contributed by atoms with E-state index in [4.69, 9.17) is 0 Å². The van der Waals surface area contributed by atoms with Gasteiger partial charge in [-0.25, -0.2) is 0 Å². The molecule has 0 aromatic carbocycles. The molecule has 2 heterocycles. The Morgan fingerprint density at radius 3 is 1.85 bits per heavy atom. The van der Waals surface area contributed by atoms with Crippen molar-refractivity contribution in [3.8, 4) is 9.75 Å². The average molecular weight is 210 g/mol. The summed E-state index contributed by atoms with van der Waals surface area (Å²) in [5.74, 6) is -1.76. The lowest BCUT2D eigenvalue weighted by atomic mass is 10.1. The van der Waals surface area contributed by atoms with Crippen LogP contribution in [0.1, 0.15) is 11.1 Å². The van der Waals surface area contributed by atoms with E-state index in [1.807, 2.05) is 10.8 Å². The number of hydrogen-bond donors (Lipinski definition) is 2. The van der Waals surface area contributed by atoms with Crippen LogP contribution in [0.4, 0.5) is 0 Å². The molecule has 0 radical (unpaired) electrons. The molecule has 13 heavy (non-hydrogen) atoms. The van der Waals surface area contributed by atoms with Crippen LogP contribution in [0.5, 0.6) is 0 Å². The Morgan fingerprint density at radius 2 is 1.38 bits per heavy atom. The van der Waals surface area contributed by atoms with Crippen molar-refractivity contribution >= 4 is 22.7 Å². The third-order valence-corrected chi connectivity index (χ3v) is 4.28. The minimum Gasteiger partial charge on any atom is -0.358 e. The van der Waals surface area contributed by atoms with E-state index in [0.29, 0.717) is 11.1 Å². The van der Waals surface area contributed by atoms with Crippen LogP contribution < -0.4 is 0 Å². The molecule has 3 rings (SSSR count). The molecule has 2 aromatic rings. The second-order valence-corrected chi connectivity index (χ2v) is 4.83. The first kappa shape index (κ1) is 7.70. The molecule has 0 saturated carbocycles. The number of aliphatic hydroxyl groups is 2. The lowest BCUT2D eigenvalue weighted by Crippen LogP contribution is -2.22. The van der Waals surface area contributed by atoms with E-state index in [-0.39, 0.29) is 0 Å². The predicted octanol–water partition coefficient (Wildman–Crippen LogP) is 1.98. The maximum absolute atomic E-state index is 9.85. The van der Waals surface area contributed by atoms with E-state index in [1.165, 1.54) is 0 Å². The summed E-state index contributed by atoms with van der Waals surface area (Å²) < 4.78 is 0. The van der Waals surface area contributed by atoms with Crippen LogP contribution in [0.3, 0.4) is 0 Å². The molecule has 0 unspecified atom stereocenters. The molecule has 0 bridgehead atoms. The molecule has 0 fully saturated rings. The van der Waals surface area contributed by atoms with Gasteiger partial charge in [-0.15, -0.1) is 22.7 Å². The Labute approximate surface area is 82.7 Å². The molecule has 1 aliphatic carbocycles. The topological polar surface area (TPSA) is 40.5 Å². The number of rotatable bonds is 0. The van der Waals surface area contributed by atoms with Crippen LogP contribution in [-0.4, -0.2) is 10.2 Å². The second-order valence-electron chi connectivity index (χ2n) is 3.00. The van der Waals surface area contributed by atoms with Crippen molar-refractivity contribution in [1.29, 1.82) is 0 Å². The van der Waals surface area contributed by atoms with Crippen molar-refractivity contribution in [3.63, 3.8) is 0 Å². The summed E-state index contributed by atoms with van der Waals surface area (Å²) in [5, 5.41) is 23.5. The molecule has 66 valence electrons. The zero-order chi connectivity index (χ0) is 9.05. The molecule has 0 amide bonds. The van der Waals surface area contributed by atoms with Gasteiger partial charge in [0.05, 0.1) is 9.75 Å². The van der Waals surface area contributed by atoms with E-state index in [0.717, 1.165) is 9.75 Å². The highest BCUT2D eigenvalue weighted by atomic mass is 32.1. The normalized spacial score (nSPS) is 17.1.